The van der Waals surface area contributed by atoms with Crippen molar-refractivity contribution in [2.24, 2.45) is 0 Å². The van der Waals surface area contributed by atoms with Gasteiger partial charge in [0.15, 0.2) is 0 Å². The minimum atomic E-state index is 0.0412. The fourth-order valence-electron chi connectivity index (χ4n) is 4.40. The van der Waals surface area contributed by atoms with E-state index in [1.54, 1.807) is 17.7 Å². The zero-order valence-electron chi connectivity index (χ0n) is 16.1. The molecule has 2 saturated heterocycles. The molecule has 0 unspecified atom stereocenters. The molecule has 29 heavy (non-hydrogen) atoms. The highest BCUT2D eigenvalue weighted by molar-refractivity contribution is 7.18. The lowest BCUT2D eigenvalue weighted by atomic mass is 10.2. The number of hydrogen-bond donors (Lipinski definition) is 0. The smallest absolute Gasteiger partial charge is 0.140 e. The lowest BCUT2D eigenvalue weighted by Crippen LogP contribution is -2.27. The molecular formula is C21H21N5O2S. The summed E-state index contributed by atoms with van der Waals surface area (Å²) in [4.78, 5) is 18.1. The summed E-state index contributed by atoms with van der Waals surface area (Å²) in [5.74, 6) is 0.983. The molecule has 148 valence electrons. The van der Waals surface area contributed by atoms with E-state index in [9.17, 15) is 0 Å². The van der Waals surface area contributed by atoms with Gasteiger partial charge in [0.05, 0.1) is 42.0 Å². The number of aromatic nitrogens is 4. The van der Waals surface area contributed by atoms with Crippen LogP contribution in [-0.2, 0) is 9.47 Å². The first-order valence-corrected chi connectivity index (χ1v) is 10.7. The molecule has 3 aromatic heterocycles. The molecule has 5 heterocycles. The van der Waals surface area contributed by atoms with Crippen molar-refractivity contribution in [1.82, 2.24) is 19.5 Å². The molecular weight excluding hydrogens is 386 g/mol. The number of aryl methyl sites for hydroxylation is 1. The molecule has 6 rings (SSSR count). The van der Waals surface area contributed by atoms with Crippen molar-refractivity contribution < 1.29 is 9.47 Å². The maximum absolute atomic E-state index is 6.33. The van der Waals surface area contributed by atoms with Crippen LogP contribution in [0.1, 0.15) is 10.9 Å². The third-order valence-electron chi connectivity index (χ3n) is 5.83. The molecule has 4 aromatic rings. The van der Waals surface area contributed by atoms with Crippen molar-refractivity contribution >= 4 is 38.4 Å². The Kier molecular flexibility index (Phi) is 4.04. The molecule has 0 radical (unpaired) electrons. The number of para-hydroxylation sites is 2. The van der Waals surface area contributed by atoms with Gasteiger partial charge in [-0.25, -0.2) is 15.0 Å². The van der Waals surface area contributed by atoms with Crippen LogP contribution < -0.4 is 4.90 Å². The second-order valence-electron chi connectivity index (χ2n) is 7.72. The summed E-state index contributed by atoms with van der Waals surface area (Å²) >= 11 is 1.70. The Morgan fingerprint density at radius 3 is 2.66 bits per heavy atom. The average molecular weight is 407 g/mol. The lowest BCUT2D eigenvalue weighted by Gasteiger charge is -2.20. The maximum atomic E-state index is 6.33. The maximum Gasteiger partial charge on any atom is 0.140 e. The summed E-state index contributed by atoms with van der Waals surface area (Å²) in [6.45, 7) is 4.90. The van der Waals surface area contributed by atoms with Crippen LogP contribution >= 0.6 is 11.3 Å². The number of fused-ring (bicyclic) bond motifs is 3. The van der Waals surface area contributed by atoms with Crippen molar-refractivity contribution in [3.8, 4) is 0 Å². The monoisotopic (exact) mass is 407 g/mol. The summed E-state index contributed by atoms with van der Waals surface area (Å²) in [5, 5.41) is 1.12. The Hall–Kier alpha value is -2.55. The summed E-state index contributed by atoms with van der Waals surface area (Å²) in [6, 6.07) is 10.5. The normalized spacial score (nSPS) is 23.0. The van der Waals surface area contributed by atoms with Crippen LogP contribution in [0.15, 0.2) is 43.0 Å². The highest BCUT2D eigenvalue weighted by atomic mass is 32.1. The molecule has 2 aliphatic rings. The van der Waals surface area contributed by atoms with E-state index >= 15 is 0 Å². The number of rotatable bonds is 2. The molecule has 0 amide bonds. The molecule has 2 aliphatic heterocycles. The predicted molar refractivity (Wildman–Crippen MR) is 113 cm³/mol. The van der Waals surface area contributed by atoms with Crippen molar-refractivity contribution in [3.63, 3.8) is 0 Å². The lowest BCUT2D eigenvalue weighted by molar-refractivity contribution is -0.00461. The van der Waals surface area contributed by atoms with E-state index in [2.05, 4.69) is 43.5 Å². The van der Waals surface area contributed by atoms with Crippen molar-refractivity contribution in [2.75, 3.05) is 31.2 Å². The molecule has 2 fully saturated rings. The second-order valence-corrected chi connectivity index (χ2v) is 8.95. The molecule has 2 atom stereocenters. The van der Waals surface area contributed by atoms with Gasteiger partial charge in [-0.05, 0) is 25.1 Å². The molecule has 0 saturated carbocycles. The van der Waals surface area contributed by atoms with Gasteiger partial charge in [0.2, 0.25) is 0 Å². The Bertz CT molecular complexity index is 1170. The number of nitrogens with zero attached hydrogens (tertiary/aromatic N) is 5. The first-order chi connectivity index (χ1) is 14.3. The zero-order valence-corrected chi connectivity index (χ0v) is 16.9. The number of thiophene rings is 1. The number of benzene rings is 1. The molecule has 0 bridgehead atoms. The number of imidazole rings is 1. The molecule has 0 aliphatic carbocycles. The van der Waals surface area contributed by atoms with Gasteiger partial charge in [-0.3, -0.25) is 0 Å². The van der Waals surface area contributed by atoms with Crippen LogP contribution in [0.2, 0.25) is 0 Å². The van der Waals surface area contributed by atoms with Crippen molar-refractivity contribution in [1.29, 1.82) is 0 Å². The quantitative estimate of drug-likeness (QED) is 0.508. The highest BCUT2D eigenvalue weighted by Gasteiger charge is 2.39. The van der Waals surface area contributed by atoms with Crippen LogP contribution in [0.25, 0.3) is 21.3 Å². The van der Waals surface area contributed by atoms with Crippen LogP contribution in [0, 0.1) is 6.92 Å². The topological polar surface area (TPSA) is 65.3 Å². The van der Waals surface area contributed by atoms with Crippen LogP contribution in [0.4, 0.5) is 5.82 Å². The minimum absolute atomic E-state index is 0.0412. The van der Waals surface area contributed by atoms with Gasteiger partial charge in [-0.1, -0.05) is 12.1 Å². The molecule has 0 N–H and O–H groups in total. The number of anilines is 1. The Balaban J connectivity index is 1.22. The SMILES string of the molecule is Cc1cc2c(N3C[C@@H]4OCC(n5cnc6ccccc65)CO[C@H]4C3)ncnc2s1. The van der Waals surface area contributed by atoms with Gasteiger partial charge < -0.3 is 18.9 Å². The molecule has 8 heteroatoms. The summed E-state index contributed by atoms with van der Waals surface area (Å²) in [5.41, 5.74) is 2.12. The highest BCUT2D eigenvalue weighted by Crippen LogP contribution is 2.33. The fourth-order valence-corrected chi connectivity index (χ4v) is 5.24. The summed E-state index contributed by atoms with van der Waals surface area (Å²) in [6.07, 6.45) is 3.63. The molecule has 7 nitrogen and oxygen atoms in total. The van der Waals surface area contributed by atoms with E-state index in [-0.39, 0.29) is 18.2 Å². The predicted octanol–water partition coefficient (Wildman–Crippen LogP) is 3.19. The molecule has 0 spiro atoms. The zero-order chi connectivity index (χ0) is 19.4. The third-order valence-corrected chi connectivity index (χ3v) is 6.78. The van der Waals surface area contributed by atoms with E-state index in [1.165, 1.54) is 4.88 Å². The summed E-state index contributed by atoms with van der Waals surface area (Å²) in [7, 11) is 0. The number of hydrogen-bond acceptors (Lipinski definition) is 7. The second kappa shape index (κ2) is 6.76. The van der Waals surface area contributed by atoms with Crippen LogP contribution in [0.5, 0.6) is 0 Å². The van der Waals surface area contributed by atoms with Gasteiger partial charge in [0.1, 0.15) is 29.2 Å². The van der Waals surface area contributed by atoms with E-state index in [0.717, 1.165) is 40.2 Å². The molecule has 1 aromatic carbocycles. The Labute approximate surface area is 171 Å². The number of ether oxygens (including phenoxy) is 2. The van der Waals surface area contributed by atoms with E-state index in [1.807, 2.05) is 24.5 Å². The van der Waals surface area contributed by atoms with E-state index in [4.69, 9.17) is 9.47 Å². The van der Waals surface area contributed by atoms with E-state index in [0.29, 0.717) is 13.2 Å². The Morgan fingerprint density at radius 2 is 1.83 bits per heavy atom. The van der Waals surface area contributed by atoms with Crippen LogP contribution in [-0.4, -0.2) is 58.0 Å². The van der Waals surface area contributed by atoms with Crippen LogP contribution in [0.3, 0.4) is 0 Å². The van der Waals surface area contributed by atoms with Gasteiger partial charge >= 0.3 is 0 Å². The van der Waals surface area contributed by atoms with Crippen molar-refractivity contribution in [2.45, 2.75) is 25.2 Å². The first-order valence-electron chi connectivity index (χ1n) is 9.87. The van der Waals surface area contributed by atoms with Gasteiger partial charge in [0, 0.05) is 18.0 Å². The van der Waals surface area contributed by atoms with Crippen molar-refractivity contribution in [3.05, 3.63) is 47.9 Å². The van der Waals surface area contributed by atoms with E-state index < -0.39 is 0 Å². The Morgan fingerprint density at radius 1 is 1.03 bits per heavy atom. The van der Waals surface area contributed by atoms with Gasteiger partial charge in [-0.15, -0.1) is 11.3 Å². The standard InChI is InChI=1S/C21H21N5O2S/c1-13-6-15-20(22-11-23-21(15)29-13)25-7-18-19(8-25)28-10-14(9-27-18)26-12-24-16-4-2-3-5-17(16)26/h2-6,11-12,14,18-19H,7-10H2,1H3/t18-,19-/m0/s1. The minimum Gasteiger partial charge on any atom is -0.371 e. The average Bonchev–Trinajstić information content (AvgIpc) is 3.41. The third kappa shape index (κ3) is 2.90. The summed E-state index contributed by atoms with van der Waals surface area (Å²) < 4.78 is 14.8. The van der Waals surface area contributed by atoms with Gasteiger partial charge in [0.25, 0.3) is 0 Å². The largest absolute Gasteiger partial charge is 0.371 e. The first kappa shape index (κ1) is 17.3. The fraction of sp³-hybridized carbons (Fsp3) is 0.381. The van der Waals surface area contributed by atoms with Gasteiger partial charge in [-0.2, -0.15) is 0 Å².